The van der Waals surface area contributed by atoms with Gasteiger partial charge in [0.2, 0.25) is 0 Å². The number of hydrogen-bond acceptors (Lipinski definition) is 4. The highest BCUT2D eigenvalue weighted by atomic mass is 32.2. The van der Waals surface area contributed by atoms with E-state index >= 15 is 0 Å². The van der Waals surface area contributed by atoms with E-state index in [1.165, 1.54) is 4.72 Å². The van der Waals surface area contributed by atoms with E-state index < -0.39 is 31.8 Å². The minimum atomic E-state index is -5.66. The Morgan fingerprint density at radius 2 is 1.61 bits per heavy atom. The maximum Gasteiger partial charge on any atom is 0.516 e. The summed E-state index contributed by atoms with van der Waals surface area (Å²) in [6.07, 6.45) is 0. The summed E-state index contributed by atoms with van der Waals surface area (Å²) in [5.41, 5.74) is -5.91. The fraction of sp³-hybridized carbons (Fsp3) is 0.0769. The Balaban J connectivity index is 2.53. The van der Waals surface area contributed by atoms with Gasteiger partial charge < -0.3 is 0 Å². The molecule has 2 aromatic carbocycles. The summed E-state index contributed by atoms with van der Waals surface area (Å²) < 4.78 is 60.8. The van der Waals surface area contributed by atoms with Gasteiger partial charge in [0.15, 0.2) is 0 Å². The van der Waals surface area contributed by atoms with Crippen LogP contribution in [0.25, 0.3) is 11.1 Å². The normalized spacial score (nSPS) is 12.0. The summed E-state index contributed by atoms with van der Waals surface area (Å²) in [7, 11) is -5.66. The van der Waals surface area contributed by atoms with Gasteiger partial charge in [-0.25, -0.2) is 0 Å². The van der Waals surface area contributed by atoms with Crippen molar-refractivity contribution in [2.45, 2.75) is 5.51 Å². The highest BCUT2D eigenvalue weighted by Crippen LogP contribution is 2.31. The van der Waals surface area contributed by atoms with E-state index in [2.05, 4.69) is 0 Å². The lowest BCUT2D eigenvalue weighted by Crippen LogP contribution is -2.29. The van der Waals surface area contributed by atoms with Crippen LogP contribution >= 0.6 is 0 Å². The van der Waals surface area contributed by atoms with Crippen LogP contribution in [0.3, 0.4) is 0 Å². The molecular formula is C13H9F3N2O4S. The number of non-ortho nitro benzene ring substituents is 1. The van der Waals surface area contributed by atoms with Crippen LogP contribution in [-0.4, -0.2) is 18.8 Å². The topological polar surface area (TPSA) is 89.3 Å². The first-order chi connectivity index (χ1) is 10.6. The van der Waals surface area contributed by atoms with Gasteiger partial charge >= 0.3 is 15.5 Å². The Labute approximate surface area is 128 Å². The van der Waals surface area contributed by atoms with Gasteiger partial charge in [-0.05, 0) is 17.2 Å². The Bertz CT molecular complexity index is 836. The Morgan fingerprint density at radius 1 is 1.00 bits per heavy atom. The number of anilines is 1. The van der Waals surface area contributed by atoms with Crippen molar-refractivity contribution >= 4 is 21.4 Å². The lowest BCUT2D eigenvalue weighted by atomic mass is 10.0. The second kappa shape index (κ2) is 5.88. The van der Waals surface area contributed by atoms with E-state index in [4.69, 9.17) is 0 Å². The number of alkyl halides is 3. The van der Waals surface area contributed by atoms with Gasteiger partial charge in [-0.15, -0.1) is 0 Å². The van der Waals surface area contributed by atoms with Gasteiger partial charge in [-0.1, -0.05) is 30.3 Å². The third kappa shape index (κ3) is 3.77. The first-order valence-corrected chi connectivity index (χ1v) is 7.52. The standard InChI is InChI=1S/C13H9F3N2O4S/c14-13(15,16)23(21,22)17-11-6-10(7-12(8-11)18(19)20)9-4-2-1-3-5-9/h1-8,17H. The maximum absolute atomic E-state index is 12.4. The van der Waals surface area contributed by atoms with Crippen LogP contribution in [0.5, 0.6) is 0 Å². The van der Waals surface area contributed by atoms with Crippen LogP contribution < -0.4 is 4.72 Å². The van der Waals surface area contributed by atoms with Crippen molar-refractivity contribution in [1.29, 1.82) is 0 Å². The van der Waals surface area contributed by atoms with Crippen LogP contribution in [0, 0.1) is 10.1 Å². The Hall–Kier alpha value is -2.62. The summed E-state index contributed by atoms with van der Waals surface area (Å²) in [6.45, 7) is 0. The molecule has 10 heteroatoms. The fourth-order valence-corrected chi connectivity index (χ4v) is 2.33. The minimum absolute atomic E-state index is 0.208. The number of rotatable bonds is 4. The maximum atomic E-state index is 12.4. The number of nitro benzene ring substituents is 1. The molecule has 1 N–H and O–H groups in total. The Kier molecular flexibility index (Phi) is 4.28. The van der Waals surface area contributed by atoms with Crippen molar-refractivity contribution in [3.63, 3.8) is 0 Å². The molecule has 0 spiro atoms. The predicted octanol–water partition coefficient (Wildman–Crippen LogP) is 3.52. The molecule has 0 radical (unpaired) electrons. The molecule has 23 heavy (non-hydrogen) atoms. The number of benzene rings is 2. The second-order valence-electron chi connectivity index (χ2n) is 4.44. The third-order valence-electron chi connectivity index (χ3n) is 2.79. The van der Waals surface area contributed by atoms with Crippen LogP contribution in [0.1, 0.15) is 0 Å². The highest BCUT2D eigenvalue weighted by Gasteiger charge is 2.46. The number of hydrogen-bond donors (Lipinski definition) is 1. The zero-order valence-electron chi connectivity index (χ0n) is 11.2. The number of nitrogens with one attached hydrogen (secondary N) is 1. The summed E-state index contributed by atoms with van der Waals surface area (Å²) in [5.74, 6) is 0. The average molecular weight is 346 g/mol. The molecular weight excluding hydrogens is 337 g/mol. The third-order valence-corrected chi connectivity index (χ3v) is 3.91. The van der Waals surface area contributed by atoms with Crippen molar-refractivity contribution < 1.29 is 26.5 Å². The zero-order valence-corrected chi connectivity index (χ0v) is 12.1. The monoisotopic (exact) mass is 346 g/mol. The molecule has 0 aliphatic carbocycles. The molecule has 122 valence electrons. The van der Waals surface area contributed by atoms with Crippen LogP contribution in [-0.2, 0) is 10.0 Å². The molecule has 0 atom stereocenters. The van der Waals surface area contributed by atoms with Crippen molar-refractivity contribution in [2.24, 2.45) is 0 Å². The van der Waals surface area contributed by atoms with E-state index in [0.29, 0.717) is 5.56 Å². The van der Waals surface area contributed by atoms with Gasteiger partial charge in [0.1, 0.15) is 0 Å². The smallest absolute Gasteiger partial charge is 0.276 e. The van der Waals surface area contributed by atoms with Crippen LogP contribution in [0.4, 0.5) is 24.5 Å². The molecule has 2 rings (SSSR count). The number of halogens is 3. The van der Waals surface area contributed by atoms with Crippen molar-refractivity contribution in [2.75, 3.05) is 4.72 Å². The van der Waals surface area contributed by atoms with Gasteiger partial charge in [-0.2, -0.15) is 21.6 Å². The zero-order chi connectivity index (χ0) is 17.3. The van der Waals surface area contributed by atoms with Crippen LogP contribution in [0.2, 0.25) is 0 Å². The summed E-state index contributed by atoms with van der Waals surface area (Å²) in [5, 5.41) is 10.9. The lowest BCUT2D eigenvalue weighted by molar-refractivity contribution is -0.384. The van der Waals surface area contributed by atoms with E-state index in [0.717, 1.165) is 18.2 Å². The van der Waals surface area contributed by atoms with E-state index in [1.54, 1.807) is 30.3 Å². The molecule has 0 bridgehead atoms. The molecule has 0 aliphatic rings. The van der Waals surface area contributed by atoms with Crippen molar-refractivity contribution in [1.82, 2.24) is 0 Å². The second-order valence-corrected chi connectivity index (χ2v) is 6.12. The molecule has 0 unspecified atom stereocenters. The SMILES string of the molecule is O=[N+]([O-])c1cc(NS(=O)(=O)C(F)(F)F)cc(-c2ccccc2)c1. The molecule has 2 aromatic rings. The first-order valence-electron chi connectivity index (χ1n) is 6.04. The first kappa shape index (κ1) is 16.7. The predicted molar refractivity (Wildman–Crippen MR) is 77.1 cm³/mol. The molecule has 0 aromatic heterocycles. The molecule has 0 saturated carbocycles. The highest BCUT2D eigenvalue weighted by molar-refractivity contribution is 7.93. The molecule has 0 saturated heterocycles. The molecule has 0 amide bonds. The van der Waals surface area contributed by atoms with Gasteiger partial charge in [-0.3, -0.25) is 14.8 Å². The number of sulfonamides is 1. The summed E-state index contributed by atoms with van der Waals surface area (Å²) >= 11 is 0. The Morgan fingerprint density at radius 3 is 2.13 bits per heavy atom. The van der Waals surface area contributed by atoms with E-state index in [9.17, 15) is 31.7 Å². The summed E-state index contributed by atoms with van der Waals surface area (Å²) in [4.78, 5) is 10.1. The summed E-state index contributed by atoms with van der Waals surface area (Å²) in [6, 6.07) is 11.1. The largest absolute Gasteiger partial charge is 0.516 e. The van der Waals surface area contributed by atoms with Gasteiger partial charge in [0.05, 0.1) is 10.6 Å². The minimum Gasteiger partial charge on any atom is -0.276 e. The van der Waals surface area contributed by atoms with E-state index in [1.807, 2.05) is 0 Å². The van der Waals surface area contributed by atoms with Gasteiger partial charge in [0.25, 0.3) is 5.69 Å². The molecule has 0 aliphatic heterocycles. The van der Waals surface area contributed by atoms with Crippen molar-refractivity contribution in [3.05, 3.63) is 58.6 Å². The number of nitrogens with zero attached hydrogens (tertiary/aromatic N) is 1. The fourth-order valence-electron chi connectivity index (χ4n) is 1.79. The van der Waals surface area contributed by atoms with Gasteiger partial charge in [0, 0.05) is 12.1 Å². The molecule has 0 heterocycles. The van der Waals surface area contributed by atoms with Crippen molar-refractivity contribution in [3.8, 4) is 11.1 Å². The quantitative estimate of drug-likeness (QED) is 0.677. The van der Waals surface area contributed by atoms with Crippen LogP contribution in [0.15, 0.2) is 48.5 Å². The number of nitro groups is 1. The molecule has 0 fully saturated rings. The average Bonchev–Trinajstić information content (AvgIpc) is 2.46. The lowest BCUT2D eigenvalue weighted by Gasteiger charge is -2.11. The van der Waals surface area contributed by atoms with E-state index in [-0.39, 0.29) is 5.56 Å². The molecule has 6 nitrogen and oxygen atoms in total.